The quantitative estimate of drug-likeness (QED) is 0.770. The molecule has 112 valence electrons. The summed E-state index contributed by atoms with van der Waals surface area (Å²) in [4.78, 5) is 2.61. The van der Waals surface area contributed by atoms with Gasteiger partial charge in [0, 0.05) is 9.75 Å². The van der Waals surface area contributed by atoms with Crippen LogP contribution < -0.4 is 0 Å². The third-order valence-electron chi connectivity index (χ3n) is 4.45. The average molecular weight is 300 g/mol. The number of rotatable bonds is 3. The second-order valence-electron chi connectivity index (χ2n) is 6.38. The lowest BCUT2D eigenvalue weighted by atomic mass is 9.99. The Morgan fingerprint density at radius 1 is 0.952 bits per heavy atom. The molecule has 3 rings (SSSR count). The molecule has 21 heavy (non-hydrogen) atoms. The van der Waals surface area contributed by atoms with E-state index in [2.05, 4.69) is 44.2 Å². The van der Waals surface area contributed by atoms with Gasteiger partial charge in [-0.1, -0.05) is 44.5 Å². The Labute approximate surface area is 131 Å². The fourth-order valence-electron chi connectivity index (χ4n) is 3.05. The van der Waals surface area contributed by atoms with E-state index < -0.39 is 6.10 Å². The predicted molar refractivity (Wildman–Crippen MR) is 90.2 cm³/mol. The molecule has 0 amide bonds. The number of benzene rings is 1. The normalized spacial score (nSPS) is 16.6. The van der Waals surface area contributed by atoms with Crippen molar-refractivity contribution in [2.75, 3.05) is 0 Å². The summed E-state index contributed by atoms with van der Waals surface area (Å²) in [6.07, 6.45) is 5.84. The van der Waals surface area contributed by atoms with Crippen LogP contribution in [0.3, 0.4) is 0 Å². The van der Waals surface area contributed by atoms with Gasteiger partial charge in [0.15, 0.2) is 0 Å². The van der Waals surface area contributed by atoms with Crippen molar-refractivity contribution in [2.24, 2.45) is 0 Å². The number of aryl methyl sites for hydroxylation is 2. The van der Waals surface area contributed by atoms with Gasteiger partial charge in [-0.05, 0) is 54.4 Å². The van der Waals surface area contributed by atoms with Crippen LogP contribution in [-0.4, -0.2) is 5.11 Å². The van der Waals surface area contributed by atoms with Gasteiger partial charge < -0.3 is 5.11 Å². The second kappa shape index (κ2) is 6.33. The van der Waals surface area contributed by atoms with E-state index in [1.54, 1.807) is 0 Å². The number of aliphatic hydroxyl groups is 1. The van der Waals surface area contributed by atoms with E-state index in [0.29, 0.717) is 5.92 Å². The molecule has 1 aromatic heterocycles. The van der Waals surface area contributed by atoms with Crippen LogP contribution in [0, 0.1) is 0 Å². The molecule has 1 atom stereocenters. The molecule has 0 aliphatic heterocycles. The molecule has 2 heteroatoms. The Morgan fingerprint density at radius 3 is 2.33 bits per heavy atom. The van der Waals surface area contributed by atoms with Crippen LogP contribution in [0.15, 0.2) is 30.3 Å². The van der Waals surface area contributed by atoms with Gasteiger partial charge in [-0.2, -0.15) is 0 Å². The lowest BCUT2D eigenvalue weighted by Gasteiger charge is -2.11. The van der Waals surface area contributed by atoms with Gasteiger partial charge in [0.25, 0.3) is 0 Å². The van der Waals surface area contributed by atoms with Crippen LogP contribution in [0.1, 0.15) is 71.6 Å². The highest BCUT2D eigenvalue weighted by molar-refractivity contribution is 7.12. The van der Waals surface area contributed by atoms with Crippen molar-refractivity contribution in [3.63, 3.8) is 0 Å². The number of fused-ring (bicyclic) bond motifs is 1. The summed E-state index contributed by atoms with van der Waals surface area (Å²) in [6.45, 7) is 4.39. The maximum Gasteiger partial charge on any atom is 0.113 e. The van der Waals surface area contributed by atoms with Gasteiger partial charge in [0.1, 0.15) is 6.10 Å². The molecule has 1 nitrogen and oxygen atoms in total. The van der Waals surface area contributed by atoms with E-state index in [-0.39, 0.29) is 0 Å². The molecule has 1 heterocycles. The molecule has 2 aromatic rings. The summed E-state index contributed by atoms with van der Waals surface area (Å²) in [5.74, 6) is 0.536. The zero-order chi connectivity index (χ0) is 14.8. The predicted octanol–water partition coefficient (Wildman–Crippen LogP) is 5.22. The van der Waals surface area contributed by atoms with Crippen LogP contribution in [0.25, 0.3) is 0 Å². The first-order valence-electron chi connectivity index (χ1n) is 8.04. The molecule has 0 radical (unpaired) electrons. The van der Waals surface area contributed by atoms with E-state index in [1.807, 2.05) is 11.3 Å². The van der Waals surface area contributed by atoms with E-state index in [9.17, 15) is 5.11 Å². The molecule has 1 aliphatic carbocycles. The molecule has 0 saturated heterocycles. The Morgan fingerprint density at radius 2 is 1.62 bits per heavy atom. The molecule has 1 N–H and O–H groups in total. The summed E-state index contributed by atoms with van der Waals surface area (Å²) < 4.78 is 0. The number of thiophene rings is 1. The van der Waals surface area contributed by atoms with Crippen LogP contribution in [0.2, 0.25) is 0 Å². The van der Waals surface area contributed by atoms with Gasteiger partial charge in [0.05, 0.1) is 0 Å². The third kappa shape index (κ3) is 3.22. The van der Waals surface area contributed by atoms with Crippen molar-refractivity contribution in [3.05, 3.63) is 56.8 Å². The summed E-state index contributed by atoms with van der Waals surface area (Å²) in [7, 11) is 0. The van der Waals surface area contributed by atoms with Crippen LogP contribution in [0.4, 0.5) is 0 Å². The molecule has 0 saturated carbocycles. The van der Waals surface area contributed by atoms with Gasteiger partial charge >= 0.3 is 0 Å². The lowest BCUT2D eigenvalue weighted by molar-refractivity contribution is 0.224. The van der Waals surface area contributed by atoms with Crippen molar-refractivity contribution in [2.45, 2.75) is 58.0 Å². The first kappa shape index (κ1) is 14.8. The monoisotopic (exact) mass is 300 g/mol. The molecule has 1 unspecified atom stereocenters. The number of hydrogen-bond donors (Lipinski definition) is 1. The summed E-state index contributed by atoms with van der Waals surface area (Å²) >= 11 is 1.81. The summed E-state index contributed by atoms with van der Waals surface area (Å²) in [5, 5.41) is 10.7. The maximum absolute atomic E-state index is 10.7. The standard InChI is InChI=1S/C19H24OS/c1-13(2)14-8-10-15(11-9-14)19(20)18-12-16-6-4-3-5-7-17(16)21-18/h8-13,19-20H,3-7H2,1-2H3. The zero-order valence-corrected chi connectivity index (χ0v) is 13.7. The van der Waals surface area contributed by atoms with Crippen molar-refractivity contribution < 1.29 is 5.11 Å². The van der Waals surface area contributed by atoms with Crippen molar-refractivity contribution in [1.29, 1.82) is 0 Å². The fourth-order valence-corrected chi connectivity index (χ4v) is 4.32. The minimum Gasteiger partial charge on any atom is -0.383 e. The molecular weight excluding hydrogens is 276 g/mol. The molecule has 0 spiro atoms. The van der Waals surface area contributed by atoms with Crippen molar-refractivity contribution >= 4 is 11.3 Å². The van der Waals surface area contributed by atoms with E-state index in [4.69, 9.17) is 0 Å². The Hall–Kier alpha value is -1.12. The van der Waals surface area contributed by atoms with Crippen molar-refractivity contribution in [1.82, 2.24) is 0 Å². The largest absolute Gasteiger partial charge is 0.383 e. The summed E-state index contributed by atoms with van der Waals surface area (Å²) in [6, 6.07) is 10.7. The Bertz CT molecular complexity index is 571. The first-order chi connectivity index (χ1) is 10.1. The van der Waals surface area contributed by atoms with Crippen LogP contribution >= 0.6 is 11.3 Å². The first-order valence-corrected chi connectivity index (χ1v) is 8.86. The SMILES string of the molecule is CC(C)c1ccc(C(O)c2cc3c(s2)CCCCC3)cc1. The topological polar surface area (TPSA) is 20.2 Å². The maximum atomic E-state index is 10.7. The zero-order valence-electron chi connectivity index (χ0n) is 12.9. The summed E-state index contributed by atoms with van der Waals surface area (Å²) in [5.41, 5.74) is 3.81. The van der Waals surface area contributed by atoms with E-state index >= 15 is 0 Å². The third-order valence-corrected chi connectivity index (χ3v) is 5.74. The minimum absolute atomic E-state index is 0.469. The highest BCUT2D eigenvalue weighted by Gasteiger charge is 2.18. The van der Waals surface area contributed by atoms with Gasteiger partial charge in [-0.3, -0.25) is 0 Å². The molecule has 0 bridgehead atoms. The Kier molecular flexibility index (Phi) is 4.46. The highest BCUT2D eigenvalue weighted by Crippen LogP contribution is 2.35. The van der Waals surface area contributed by atoms with E-state index in [1.165, 1.54) is 48.1 Å². The van der Waals surface area contributed by atoms with Gasteiger partial charge in [-0.15, -0.1) is 11.3 Å². The average Bonchev–Trinajstić information content (AvgIpc) is 2.77. The van der Waals surface area contributed by atoms with Gasteiger partial charge in [-0.25, -0.2) is 0 Å². The fraction of sp³-hybridized carbons (Fsp3) is 0.474. The van der Waals surface area contributed by atoms with E-state index in [0.717, 1.165) is 10.4 Å². The van der Waals surface area contributed by atoms with Crippen molar-refractivity contribution in [3.8, 4) is 0 Å². The second-order valence-corrected chi connectivity index (χ2v) is 7.55. The molecular formula is C19H24OS. The van der Waals surface area contributed by atoms with Crippen LogP contribution in [0.5, 0.6) is 0 Å². The number of hydrogen-bond acceptors (Lipinski definition) is 2. The molecule has 1 aromatic carbocycles. The Balaban J connectivity index is 1.83. The molecule has 0 fully saturated rings. The lowest BCUT2D eigenvalue weighted by Crippen LogP contribution is -1.98. The van der Waals surface area contributed by atoms with Crippen LogP contribution in [-0.2, 0) is 12.8 Å². The molecule has 1 aliphatic rings. The smallest absolute Gasteiger partial charge is 0.113 e. The number of aliphatic hydroxyl groups excluding tert-OH is 1. The van der Waals surface area contributed by atoms with Gasteiger partial charge in [0.2, 0.25) is 0 Å². The highest BCUT2D eigenvalue weighted by atomic mass is 32.1. The minimum atomic E-state index is -0.469.